The van der Waals surface area contributed by atoms with Gasteiger partial charge in [0.15, 0.2) is 5.13 Å². The van der Waals surface area contributed by atoms with Gasteiger partial charge in [0, 0.05) is 18.3 Å². The number of nitrogens with two attached hydrogens (primary N) is 1. The van der Waals surface area contributed by atoms with Gasteiger partial charge in [-0.3, -0.25) is 4.79 Å². The first-order valence-corrected chi connectivity index (χ1v) is 6.73. The molecule has 6 heteroatoms. The van der Waals surface area contributed by atoms with Gasteiger partial charge < -0.3 is 11.1 Å². The van der Waals surface area contributed by atoms with Crippen molar-refractivity contribution in [3.8, 4) is 0 Å². The van der Waals surface area contributed by atoms with E-state index in [4.69, 9.17) is 5.73 Å². The lowest BCUT2D eigenvalue weighted by atomic mass is 10.1. The molecule has 0 atom stereocenters. The lowest BCUT2D eigenvalue weighted by Gasteiger charge is -2.05. The van der Waals surface area contributed by atoms with Crippen molar-refractivity contribution in [3.63, 3.8) is 0 Å². The van der Waals surface area contributed by atoms with Crippen LogP contribution in [-0.2, 0) is 17.6 Å². The Labute approximate surface area is 114 Å². The number of hydrogen-bond acceptors (Lipinski definition) is 4. The summed E-state index contributed by atoms with van der Waals surface area (Å²) in [5.41, 5.74) is 6.76. The van der Waals surface area contributed by atoms with Gasteiger partial charge in [0.05, 0.1) is 12.1 Å². The number of nitrogens with one attached hydrogen (secondary N) is 1. The summed E-state index contributed by atoms with van der Waals surface area (Å²) in [4.78, 5) is 15.7. The maximum atomic E-state index is 13.3. The van der Waals surface area contributed by atoms with E-state index in [9.17, 15) is 9.18 Å². The molecule has 2 rings (SSSR count). The molecule has 1 amide bonds. The van der Waals surface area contributed by atoms with Crippen molar-refractivity contribution < 1.29 is 9.18 Å². The van der Waals surface area contributed by atoms with Gasteiger partial charge >= 0.3 is 0 Å². The van der Waals surface area contributed by atoms with E-state index in [2.05, 4.69) is 10.3 Å². The first-order chi connectivity index (χ1) is 9.15. The molecule has 0 aliphatic carbocycles. The van der Waals surface area contributed by atoms with Crippen molar-refractivity contribution in [2.75, 3.05) is 12.3 Å². The highest BCUT2D eigenvalue weighted by Gasteiger charge is 2.07. The highest BCUT2D eigenvalue weighted by molar-refractivity contribution is 7.13. The zero-order valence-electron chi connectivity index (χ0n) is 10.2. The molecule has 0 saturated heterocycles. The third kappa shape index (κ3) is 4.03. The molecule has 0 spiro atoms. The Morgan fingerprint density at radius 1 is 1.42 bits per heavy atom. The van der Waals surface area contributed by atoms with Crippen molar-refractivity contribution in [2.24, 2.45) is 0 Å². The molecule has 100 valence electrons. The summed E-state index contributed by atoms with van der Waals surface area (Å²) in [5.74, 6) is -0.557. The molecular formula is C13H14FN3OS. The minimum absolute atomic E-state index is 0.0475. The summed E-state index contributed by atoms with van der Waals surface area (Å²) in [7, 11) is 0. The number of aromatic nitrogens is 1. The van der Waals surface area contributed by atoms with Crippen molar-refractivity contribution >= 4 is 22.4 Å². The quantitative estimate of drug-likeness (QED) is 0.876. The van der Waals surface area contributed by atoms with Gasteiger partial charge in [-0.15, -0.1) is 11.3 Å². The zero-order chi connectivity index (χ0) is 13.7. The predicted molar refractivity (Wildman–Crippen MR) is 73.3 cm³/mol. The topological polar surface area (TPSA) is 68.0 Å². The maximum absolute atomic E-state index is 13.3. The molecule has 19 heavy (non-hydrogen) atoms. The number of nitrogen functional groups attached to an aromatic ring is 1. The Bertz CT molecular complexity index is 571. The largest absolute Gasteiger partial charge is 0.375 e. The number of halogens is 1. The van der Waals surface area contributed by atoms with Gasteiger partial charge in [-0.05, 0) is 11.6 Å². The SMILES string of the molecule is Nc1nc(CCNC(=O)Cc2ccccc2F)cs1. The average molecular weight is 279 g/mol. The summed E-state index contributed by atoms with van der Waals surface area (Å²) < 4.78 is 13.3. The summed E-state index contributed by atoms with van der Waals surface area (Å²) in [6.45, 7) is 0.469. The van der Waals surface area contributed by atoms with Crippen LogP contribution in [0.2, 0.25) is 0 Å². The fourth-order valence-electron chi connectivity index (χ4n) is 1.64. The minimum Gasteiger partial charge on any atom is -0.375 e. The number of carbonyl (C=O) groups is 1. The van der Waals surface area contributed by atoms with E-state index >= 15 is 0 Å². The second-order valence-electron chi connectivity index (χ2n) is 4.05. The Morgan fingerprint density at radius 3 is 2.89 bits per heavy atom. The molecule has 0 radical (unpaired) electrons. The van der Waals surface area contributed by atoms with Crippen LogP contribution in [0.15, 0.2) is 29.6 Å². The summed E-state index contributed by atoms with van der Waals surface area (Å²) in [6, 6.07) is 6.27. The van der Waals surface area contributed by atoms with Gasteiger partial charge in [-0.1, -0.05) is 18.2 Å². The second-order valence-corrected chi connectivity index (χ2v) is 4.93. The zero-order valence-corrected chi connectivity index (χ0v) is 11.0. The molecule has 0 saturated carbocycles. The normalized spacial score (nSPS) is 10.4. The molecule has 0 aliphatic heterocycles. The molecule has 1 heterocycles. The molecule has 0 bridgehead atoms. The third-order valence-corrected chi connectivity index (χ3v) is 3.30. The van der Waals surface area contributed by atoms with Crippen LogP contribution in [0.3, 0.4) is 0 Å². The van der Waals surface area contributed by atoms with Gasteiger partial charge in [-0.25, -0.2) is 9.37 Å². The smallest absolute Gasteiger partial charge is 0.224 e. The molecular weight excluding hydrogens is 265 g/mol. The molecule has 1 aromatic heterocycles. The fraction of sp³-hybridized carbons (Fsp3) is 0.231. The number of rotatable bonds is 5. The molecule has 4 nitrogen and oxygen atoms in total. The molecule has 0 unspecified atom stereocenters. The average Bonchev–Trinajstić information content (AvgIpc) is 2.78. The van der Waals surface area contributed by atoms with E-state index in [0.717, 1.165) is 5.69 Å². The van der Waals surface area contributed by atoms with Crippen LogP contribution in [0.1, 0.15) is 11.3 Å². The molecule has 0 fully saturated rings. The van der Waals surface area contributed by atoms with Crippen LogP contribution in [0.5, 0.6) is 0 Å². The number of amides is 1. The summed E-state index contributed by atoms with van der Waals surface area (Å²) in [6.07, 6.45) is 0.669. The number of benzene rings is 1. The van der Waals surface area contributed by atoms with Gasteiger partial charge in [0.1, 0.15) is 5.82 Å². The highest BCUT2D eigenvalue weighted by atomic mass is 32.1. The Hall–Kier alpha value is -1.95. The second kappa shape index (κ2) is 6.29. The summed E-state index contributed by atoms with van der Waals surface area (Å²) >= 11 is 1.37. The first-order valence-electron chi connectivity index (χ1n) is 5.85. The van der Waals surface area contributed by atoms with Crippen molar-refractivity contribution in [2.45, 2.75) is 12.8 Å². The van der Waals surface area contributed by atoms with E-state index in [1.807, 2.05) is 5.38 Å². The van der Waals surface area contributed by atoms with Crippen LogP contribution in [0.25, 0.3) is 0 Å². The van der Waals surface area contributed by atoms with Crippen molar-refractivity contribution in [3.05, 3.63) is 46.7 Å². The maximum Gasteiger partial charge on any atom is 0.224 e. The molecule has 3 N–H and O–H groups in total. The number of nitrogens with zero attached hydrogens (tertiary/aromatic N) is 1. The Kier molecular flexibility index (Phi) is 4.46. The number of thiazole rings is 1. The number of carbonyl (C=O) groups excluding carboxylic acids is 1. The fourth-order valence-corrected chi connectivity index (χ4v) is 2.24. The van der Waals surface area contributed by atoms with E-state index in [1.165, 1.54) is 17.4 Å². The Morgan fingerprint density at radius 2 is 2.21 bits per heavy atom. The molecule has 1 aromatic carbocycles. The van der Waals surface area contributed by atoms with E-state index < -0.39 is 0 Å². The lowest BCUT2D eigenvalue weighted by molar-refractivity contribution is -0.120. The van der Waals surface area contributed by atoms with Crippen LogP contribution in [0, 0.1) is 5.82 Å². The van der Waals surface area contributed by atoms with Crippen LogP contribution in [-0.4, -0.2) is 17.4 Å². The van der Waals surface area contributed by atoms with E-state index in [0.29, 0.717) is 23.7 Å². The minimum atomic E-state index is -0.357. The first kappa shape index (κ1) is 13.5. The third-order valence-electron chi connectivity index (χ3n) is 2.58. The lowest BCUT2D eigenvalue weighted by Crippen LogP contribution is -2.27. The molecule has 2 aromatic rings. The van der Waals surface area contributed by atoms with Crippen LogP contribution in [0.4, 0.5) is 9.52 Å². The standard InChI is InChI=1S/C13H14FN3OS/c14-11-4-2-1-3-9(11)7-12(18)16-6-5-10-8-19-13(15)17-10/h1-4,8H,5-7H2,(H2,15,17)(H,16,18). The van der Waals surface area contributed by atoms with Crippen LogP contribution < -0.4 is 11.1 Å². The van der Waals surface area contributed by atoms with Gasteiger partial charge in [0.2, 0.25) is 5.91 Å². The Balaban J connectivity index is 1.77. The van der Waals surface area contributed by atoms with Gasteiger partial charge in [-0.2, -0.15) is 0 Å². The predicted octanol–water partition coefficient (Wildman–Crippen LogP) is 1.77. The van der Waals surface area contributed by atoms with Crippen LogP contribution >= 0.6 is 11.3 Å². The number of anilines is 1. The monoisotopic (exact) mass is 279 g/mol. The van der Waals surface area contributed by atoms with Crippen molar-refractivity contribution in [1.29, 1.82) is 0 Å². The van der Waals surface area contributed by atoms with Gasteiger partial charge in [0.25, 0.3) is 0 Å². The van der Waals surface area contributed by atoms with E-state index in [1.54, 1.807) is 18.2 Å². The van der Waals surface area contributed by atoms with E-state index in [-0.39, 0.29) is 18.1 Å². The molecule has 0 aliphatic rings. The van der Waals surface area contributed by atoms with Crippen molar-refractivity contribution in [1.82, 2.24) is 10.3 Å². The number of hydrogen-bond donors (Lipinski definition) is 2. The summed E-state index contributed by atoms with van der Waals surface area (Å²) in [5, 5.41) is 5.11. The highest BCUT2D eigenvalue weighted by Crippen LogP contribution is 2.11.